The minimum atomic E-state index is -0.712. The quantitative estimate of drug-likeness (QED) is 0.585. The lowest BCUT2D eigenvalue weighted by Crippen LogP contribution is -2.55. The van der Waals surface area contributed by atoms with Crippen molar-refractivity contribution in [3.05, 3.63) is 76.4 Å². The number of aryl methyl sites for hydroxylation is 2. The van der Waals surface area contributed by atoms with Crippen molar-refractivity contribution in [3.63, 3.8) is 0 Å². The Morgan fingerprint density at radius 2 is 1.59 bits per heavy atom. The average Bonchev–Trinajstić information content (AvgIpc) is 2.59. The van der Waals surface area contributed by atoms with Gasteiger partial charge in [0.05, 0.1) is 5.54 Å². The van der Waals surface area contributed by atoms with Gasteiger partial charge in [-0.2, -0.15) is 0 Å². The largest absolute Gasteiger partial charge is 0.272 e. The number of carbonyl (C=O) groups is 2. The van der Waals surface area contributed by atoms with Gasteiger partial charge in [-0.3, -0.25) is 15.0 Å². The molecule has 4 nitrogen and oxygen atoms in total. The third kappa shape index (κ3) is 5.73. The predicted octanol–water partition coefficient (Wildman–Crippen LogP) is 4.96. The summed E-state index contributed by atoms with van der Waals surface area (Å²) in [5.74, 6) is -2.21. The zero-order valence-corrected chi connectivity index (χ0v) is 17.6. The lowest BCUT2D eigenvalue weighted by Gasteiger charge is -2.35. The first kappa shape index (κ1) is 22.3. The molecule has 0 saturated heterocycles. The van der Waals surface area contributed by atoms with Crippen LogP contribution in [0.5, 0.6) is 0 Å². The van der Waals surface area contributed by atoms with E-state index in [0.717, 1.165) is 35.4 Å². The van der Waals surface area contributed by atoms with E-state index in [-0.39, 0.29) is 17.0 Å². The van der Waals surface area contributed by atoms with Crippen LogP contribution in [0.4, 0.5) is 8.78 Å². The van der Waals surface area contributed by atoms with Crippen LogP contribution in [0.15, 0.2) is 42.5 Å². The average molecular weight is 400 g/mol. The normalized spacial score (nSPS) is 11.9. The maximum atomic E-state index is 13.9. The highest BCUT2D eigenvalue weighted by atomic mass is 19.1. The number of hydrazine groups is 1. The Bertz CT molecular complexity index is 955. The number of benzene rings is 2. The van der Waals surface area contributed by atoms with E-state index in [4.69, 9.17) is 0 Å². The maximum Gasteiger partial charge on any atom is 0.272 e. The minimum absolute atomic E-state index is 0.0110. The first-order valence-electron chi connectivity index (χ1n) is 9.25. The van der Waals surface area contributed by atoms with Crippen molar-refractivity contribution in [2.24, 2.45) is 0 Å². The second kappa shape index (κ2) is 8.55. The highest BCUT2D eigenvalue weighted by Crippen LogP contribution is 2.20. The Balaban J connectivity index is 2.31. The van der Waals surface area contributed by atoms with Crippen LogP contribution in [0.3, 0.4) is 0 Å². The van der Waals surface area contributed by atoms with Crippen LogP contribution < -0.4 is 5.43 Å². The van der Waals surface area contributed by atoms with Crippen molar-refractivity contribution in [1.29, 1.82) is 0 Å². The number of allylic oxidation sites excluding steroid dienone is 1. The molecular weight excluding hydrogens is 374 g/mol. The van der Waals surface area contributed by atoms with Gasteiger partial charge in [0.2, 0.25) is 0 Å². The number of nitrogens with one attached hydrogen (secondary N) is 1. The highest BCUT2D eigenvalue weighted by molar-refractivity contribution is 5.99. The zero-order valence-electron chi connectivity index (χ0n) is 17.6. The SMILES string of the molecule is C/C(=C/C(=O)NN(C(=O)c1cc(C)cc(C)c1)C(C)(C)C)c1cc(F)ccc1F. The van der Waals surface area contributed by atoms with Gasteiger partial charge in [0, 0.05) is 17.2 Å². The molecule has 29 heavy (non-hydrogen) atoms. The summed E-state index contributed by atoms with van der Waals surface area (Å²) in [6, 6.07) is 8.50. The summed E-state index contributed by atoms with van der Waals surface area (Å²) < 4.78 is 27.4. The summed E-state index contributed by atoms with van der Waals surface area (Å²) in [7, 11) is 0. The number of halogens is 2. The summed E-state index contributed by atoms with van der Waals surface area (Å²) in [5, 5.41) is 1.25. The number of amides is 2. The van der Waals surface area contributed by atoms with Crippen LogP contribution in [-0.2, 0) is 4.79 Å². The molecule has 2 rings (SSSR count). The molecule has 0 unspecified atom stereocenters. The molecule has 0 atom stereocenters. The Morgan fingerprint density at radius 1 is 1.00 bits per heavy atom. The molecule has 0 spiro atoms. The van der Waals surface area contributed by atoms with Crippen molar-refractivity contribution in [2.45, 2.75) is 47.1 Å². The molecule has 2 aromatic rings. The van der Waals surface area contributed by atoms with Crippen molar-refractivity contribution in [2.75, 3.05) is 0 Å². The molecule has 0 aromatic heterocycles. The van der Waals surface area contributed by atoms with Crippen molar-refractivity contribution < 1.29 is 18.4 Å². The third-order valence-electron chi connectivity index (χ3n) is 4.27. The number of rotatable bonds is 3. The minimum Gasteiger partial charge on any atom is -0.268 e. The summed E-state index contributed by atoms with van der Waals surface area (Å²) in [6.07, 6.45) is 1.14. The molecule has 154 valence electrons. The maximum absolute atomic E-state index is 13.9. The van der Waals surface area contributed by atoms with Gasteiger partial charge in [0.1, 0.15) is 11.6 Å². The lowest BCUT2D eigenvalue weighted by molar-refractivity contribution is -0.122. The summed E-state index contributed by atoms with van der Waals surface area (Å²) >= 11 is 0. The topological polar surface area (TPSA) is 49.4 Å². The molecular formula is C23H26F2N2O2. The molecule has 2 amide bonds. The Kier molecular flexibility index (Phi) is 6.57. The molecule has 0 aliphatic carbocycles. The smallest absolute Gasteiger partial charge is 0.268 e. The van der Waals surface area contributed by atoms with E-state index in [2.05, 4.69) is 5.43 Å². The molecule has 6 heteroatoms. The Labute approximate surface area is 170 Å². The lowest BCUT2D eigenvalue weighted by atomic mass is 10.0. The van der Waals surface area contributed by atoms with E-state index in [1.807, 2.05) is 19.9 Å². The first-order chi connectivity index (χ1) is 13.4. The van der Waals surface area contributed by atoms with Crippen molar-refractivity contribution in [1.82, 2.24) is 10.4 Å². The fourth-order valence-corrected chi connectivity index (χ4v) is 2.97. The fourth-order valence-electron chi connectivity index (χ4n) is 2.97. The molecule has 0 radical (unpaired) electrons. The monoisotopic (exact) mass is 400 g/mol. The van der Waals surface area contributed by atoms with E-state index < -0.39 is 23.1 Å². The van der Waals surface area contributed by atoms with Gasteiger partial charge >= 0.3 is 0 Å². The van der Waals surface area contributed by atoms with E-state index in [9.17, 15) is 18.4 Å². The summed E-state index contributed by atoms with van der Waals surface area (Å²) in [5.41, 5.74) is 4.43. The zero-order chi connectivity index (χ0) is 21.9. The number of carbonyl (C=O) groups excluding carboxylic acids is 2. The van der Waals surface area contributed by atoms with Crippen molar-refractivity contribution >= 4 is 17.4 Å². The van der Waals surface area contributed by atoms with E-state index >= 15 is 0 Å². The van der Waals surface area contributed by atoms with Gasteiger partial charge < -0.3 is 0 Å². The Morgan fingerprint density at radius 3 is 2.14 bits per heavy atom. The number of hydrogen-bond acceptors (Lipinski definition) is 2. The molecule has 0 saturated carbocycles. The van der Waals surface area contributed by atoms with Crippen LogP contribution in [0, 0.1) is 25.5 Å². The summed E-state index contributed by atoms with van der Waals surface area (Å²) in [4.78, 5) is 25.6. The molecule has 0 fully saturated rings. The third-order valence-corrected chi connectivity index (χ3v) is 4.27. The Hall–Kier alpha value is -3.02. The molecule has 0 heterocycles. The van der Waals surface area contributed by atoms with Crippen molar-refractivity contribution in [3.8, 4) is 0 Å². The number of nitrogens with zero attached hydrogens (tertiary/aromatic N) is 1. The summed E-state index contributed by atoms with van der Waals surface area (Å²) in [6.45, 7) is 10.7. The van der Waals surface area contributed by atoms with Gasteiger partial charge in [0.25, 0.3) is 11.8 Å². The second-order valence-corrected chi connectivity index (χ2v) is 8.12. The molecule has 0 aliphatic heterocycles. The first-order valence-corrected chi connectivity index (χ1v) is 9.25. The second-order valence-electron chi connectivity index (χ2n) is 8.12. The van der Waals surface area contributed by atoms with Gasteiger partial charge in [0.15, 0.2) is 0 Å². The van der Waals surface area contributed by atoms with Gasteiger partial charge in [-0.15, -0.1) is 0 Å². The van der Waals surface area contributed by atoms with E-state index in [1.165, 1.54) is 11.9 Å². The molecule has 0 aliphatic rings. The standard InChI is InChI=1S/C23H26F2N2O2/c1-14-9-15(2)11-17(10-14)22(29)27(23(4,5)6)26-21(28)12-16(3)19-13-18(24)7-8-20(19)25/h7-13H,1-6H3,(H,26,28)/b16-12-. The van der Waals surface area contributed by atoms with Gasteiger partial charge in [-0.25, -0.2) is 13.8 Å². The van der Waals surface area contributed by atoms with Crippen LogP contribution >= 0.6 is 0 Å². The fraction of sp³-hybridized carbons (Fsp3) is 0.304. The molecule has 0 bridgehead atoms. The van der Waals surface area contributed by atoms with E-state index in [1.54, 1.807) is 32.9 Å². The van der Waals surface area contributed by atoms with Gasteiger partial charge in [-0.05, 0) is 77.4 Å². The van der Waals surface area contributed by atoms with Crippen LogP contribution in [0.2, 0.25) is 0 Å². The predicted molar refractivity (Wildman–Crippen MR) is 110 cm³/mol. The van der Waals surface area contributed by atoms with Gasteiger partial charge in [-0.1, -0.05) is 17.2 Å². The van der Waals surface area contributed by atoms with E-state index in [0.29, 0.717) is 5.56 Å². The number of hydrogen-bond donors (Lipinski definition) is 1. The van der Waals surface area contributed by atoms with Crippen LogP contribution in [-0.4, -0.2) is 22.4 Å². The molecule has 2 aromatic carbocycles. The van der Waals surface area contributed by atoms with Crippen LogP contribution in [0.25, 0.3) is 5.57 Å². The van der Waals surface area contributed by atoms with Crippen LogP contribution in [0.1, 0.15) is 54.7 Å². The highest BCUT2D eigenvalue weighted by Gasteiger charge is 2.29. The molecule has 1 N–H and O–H groups in total.